The molecule has 2 aromatic carbocycles. The Morgan fingerprint density at radius 3 is 2.10 bits per heavy atom. The Morgan fingerprint density at radius 2 is 1.55 bits per heavy atom. The molecular weight excluding hydrogens is 757 g/mol. The molecule has 1 atom stereocenters. The molecule has 10 nitrogen and oxygen atoms in total. The number of rotatable bonds is 10. The molecule has 1 saturated carbocycles. The molecule has 1 aliphatic carbocycles. The maximum Gasteiger partial charge on any atom is 0.460 e. The summed E-state index contributed by atoms with van der Waals surface area (Å²) < 4.78 is 99.5. The van der Waals surface area contributed by atoms with Gasteiger partial charge < -0.3 is 15.8 Å². The van der Waals surface area contributed by atoms with Gasteiger partial charge in [-0.2, -0.15) is 35.8 Å². The summed E-state index contributed by atoms with van der Waals surface area (Å²) in [7, 11) is 0. The second-order valence-corrected chi connectivity index (χ2v) is 14.2. The number of carbonyl (C=O) groups excluding carboxylic acids is 3. The molecule has 0 radical (unpaired) electrons. The number of halogens is 8. The quantitative estimate of drug-likeness (QED) is 0.183. The molecule has 1 aromatic heterocycles. The first-order chi connectivity index (χ1) is 23.6. The predicted molar refractivity (Wildman–Crippen MR) is 175 cm³/mol. The fourth-order valence-electron chi connectivity index (χ4n) is 5.45. The van der Waals surface area contributed by atoms with Gasteiger partial charge in [-0.25, -0.2) is 14.7 Å². The van der Waals surface area contributed by atoms with E-state index < -0.39 is 65.1 Å². The number of H-pyrrole nitrogens is 1. The largest absolute Gasteiger partial charge is 0.460 e. The van der Waals surface area contributed by atoms with Gasteiger partial charge in [0.25, 0.3) is 5.91 Å². The van der Waals surface area contributed by atoms with Gasteiger partial charge in [0.05, 0.1) is 11.7 Å². The normalized spacial score (nSPS) is 17.8. The van der Waals surface area contributed by atoms with Gasteiger partial charge >= 0.3 is 24.1 Å². The zero-order valence-corrected chi connectivity index (χ0v) is 29.3. The highest BCUT2D eigenvalue weighted by Gasteiger charge is 2.75. The molecule has 1 fully saturated rings. The number of alkyl carbamates (subject to hydrolysis) is 1. The lowest BCUT2D eigenvalue weighted by Gasteiger charge is -2.32. The molecule has 278 valence electrons. The highest BCUT2D eigenvalue weighted by Crippen LogP contribution is 2.51. The van der Waals surface area contributed by atoms with Gasteiger partial charge in [0.15, 0.2) is 5.82 Å². The molecular formula is C33H36BrF7N6O4. The third kappa shape index (κ3) is 9.44. The van der Waals surface area contributed by atoms with Crippen molar-refractivity contribution in [1.29, 1.82) is 0 Å². The highest BCUT2D eigenvalue weighted by atomic mass is 79.9. The molecule has 1 heterocycles. The third-order valence-corrected chi connectivity index (χ3v) is 8.70. The first-order valence-corrected chi connectivity index (χ1v) is 16.6. The van der Waals surface area contributed by atoms with Gasteiger partial charge in [-0.15, -0.1) is 0 Å². The number of aromatic nitrogens is 3. The summed E-state index contributed by atoms with van der Waals surface area (Å²) in [5.74, 6) is -16.7. The number of ether oxygens (including phenoxy) is 1. The maximum absolute atomic E-state index is 14.2. The predicted octanol–water partition coefficient (Wildman–Crippen LogP) is 7.28. The van der Waals surface area contributed by atoms with Crippen LogP contribution in [-0.2, 0) is 26.7 Å². The second-order valence-electron chi connectivity index (χ2n) is 13.3. The fraction of sp³-hybridized carbons (Fsp3) is 0.485. The third-order valence-electron chi connectivity index (χ3n) is 8.17. The molecule has 0 aliphatic heterocycles. The number of amides is 3. The number of hydrogen-bond donors (Lipinski definition) is 3. The van der Waals surface area contributed by atoms with Crippen molar-refractivity contribution >= 4 is 39.5 Å². The van der Waals surface area contributed by atoms with Gasteiger partial charge in [0.1, 0.15) is 5.60 Å². The van der Waals surface area contributed by atoms with E-state index in [9.17, 15) is 45.1 Å². The smallest absolute Gasteiger partial charge is 0.444 e. The summed E-state index contributed by atoms with van der Waals surface area (Å²) in [6.45, 7) is 5.56. The Hall–Kier alpha value is -4.06. The number of imide groups is 1. The summed E-state index contributed by atoms with van der Waals surface area (Å²) in [5.41, 5.74) is 6.34. The van der Waals surface area contributed by atoms with Crippen LogP contribution in [0.15, 0.2) is 53.0 Å². The van der Waals surface area contributed by atoms with Gasteiger partial charge in [-0.05, 0) is 101 Å². The molecule has 3 aromatic rings. The lowest BCUT2D eigenvalue weighted by Crippen LogP contribution is -2.50. The van der Waals surface area contributed by atoms with Crippen molar-refractivity contribution in [3.8, 4) is 11.4 Å². The molecule has 3 amide bonds. The van der Waals surface area contributed by atoms with Crippen LogP contribution in [0, 0.1) is 11.8 Å². The van der Waals surface area contributed by atoms with Crippen LogP contribution in [-0.4, -0.2) is 63.4 Å². The van der Waals surface area contributed by atoms with Crippen molar-refractivity contribution in [2.24, 2.45) is 17.6 Å². The number of nitrogens with one attached hydrogen (secondary N) is 2. The van der Waals surface area contributed by atoms with E-state index in [1.165, 1.54) is 24.3 Å². The van der Waals surface area contributed by atoms with Crippen molar-refractivity contribution in [1.82, 2.24) is 20.5 Å². The van der Waals surface area contributed by atoms with Crippen molar-refractivity contribution < 1.29 is 49.9 Å². The molecule has 0 saturated heterocycles. The molecule has 18 heteroatoms. The number of benzene rings is 2. The number of hydrogen-bond acceptors (Lipinski definition) is 7. The molecule has 0 unspecified atom stereocenters. The summed E-state index contributed by atoms with van der Waals surface area (Å²) in [6, 6.07) is 10.8. The van der Waals surface area contributed by atoms with Crippen LogP contribution in [0.1, 0.15) is 57.8 Å². The Morgan fingerprint density at radius 1 is 0.961 bits per heavy atom. The van der Waals surface area contributed by atoms with E-state index in [1.54, 1.807) is 45.0 Å². The van der Waals surface area contributed by atoms with Crippen molar-refractivity contribution in [3.05, 3.63) is 64.4 Å². The molecule has 4 rings (SSSR count). The number of carbonyl (C=O) groups is 3. The number of aromatic amines is 1. The monoisotopic (exact) mass is 792 g/mol. The van der Waals surface area contributed by atoms with Crippen molar-refractivity contribution in [3.63, 3.8) is 0 Å². The van der Waals surface area contributed by atoms with Crippen LogP contribution in [0.3, 0.4) is 0 Å². The molecule has 1 aliphatic rings. The van der Waals surface area contributed by atoms with E-state index >= 15 is 0 Å². The Labute approximate surface area is 296 Å². The molecule has 51 heavy (non-hydrogen) atoms. The Bertz CT molecular complexity index is 1690. The molecule has 0 bridgehead atoms. The first kappa shape index (κ1) is 39.7. The Balaban J connectivity index is 1.54. The van der Waals surface area contributed by atoms with E-state index in [4.69, 9.17) is 10.5 Å². The summed E-state index contributed by atoms with van der Waals surface area (Å²) in [6.07, 6.45) is -5.16. The van der Waals surface area contributed by atoms with Crippen LogP contribution in [0.25, 0.3) is 11.4 Å². The summed E-state index contributed by atoms with van der Waals surface area (Å²) >= 11 is 3.34. The minimum atomic E-state index is -6.57. The van der Waals surface area contributed by atoms with Gasteiger partial charge in [-0.1, -0.05) is 28.1 Å². The van der Waals surface area contributed by atoms with Crippen molar-refractivity contribution in [2.45, 2.75) is 82.5 Å². The molecule has 4 N–H and O–H groups in total. The minimum Gasteiger partial charge on any atom is -0.444 e. The van der Waals surface area contributed by atoms with Gasteiger partial charge in [0.2, 0.25) is 11.7 Å². The van der Waals surface area contributed by atoms with Crippen LogP contribution in [0.4, 0.5) is 41.2 Å². The summed E-state index contributed by atoms with van der Waals surface area (Å²) in [4.78, 5) is 44.0. The van der Waals surface area contributed by atoms with Crippen molar-refractivity contribution in [2.75, 3.05) is 11.4 Å². The number of alkyl halides is 7. The van der Waals surface area contributed by atoms with Crippen LogP contribution >= 0.6 is 15.9 Å². The first-order valence-electron chi connectivity index (χ1n) is 15.8. The van der Waals surface area contributed by atoms with E-state index in [0.29, 0.717) is 37.8 Å². The van der Waals surface area contributed by atoms with Crippen LogP contribution in [0.5, 0.6) is 0 Å². The zero-order chi connectivity index (χ0) is 37.9. The average molecular weight is 794 g/mol. The van der Waals surface area contributed by atoms with Crippen LogP contribution in [0.2, 0.25) is 0 Å². The van der Waals surface area contributed by atoms with Gasteiger partial charge in [-0.3, -0.25) is 14.7 Å². The highest BCUT2D eigenvalue weighted by molar-refractivity contribution is 9.10. The Kier molecular flexibility index (Phi) is 11.9. The van der Waals surface area contributed by atoms with E-state index in [1.807, 2.05) is 5.10 Å². The topological polar surface area (TPSA) is 143 Å². The van der Waals surface area contributed by atoms with Crippen LogP contribution < -0.4 is 16.0 Å². The summed E-state index contributed by atoms with van der Waals surface area (Å²) in [5, 5.41) is 7.56. The van der Waals surface area contributed by atoms with E-state index in [-0.39, 0.29) is 23.6 Å². The van der Waals surface area contributed by atoms with Gasteiger partial charge in [0, 0.05) is 22.5 Å². The van der Waals surface area contributed by atoms with E-state index in [0.717, 1.165) is 9.37 Å². The molecule has 0 spiro atoms. The SMILES string of the molecule is CC(C)(C)OC(=O)NC[C@H]1CC[C@H](C(=O)N(C(=O)[C@@H](N)Cc2ccc(Br)cc2)c2ccc(-c3nc(C(F)(F)C(F)(F)C(F)(F)F)n[nH]3)cc2)CC1. The second kappa shape index (κ2) is 15.3. The lowest BCUT2D eigenvalue weighted by molar-refractivity contribution is -0.361. The average Bonchev–Trinajstić information content (AvgIpc) is 3.55. The maximum atomic E-state index is 14.2. The number of anilines is 1. The lowest BCUT2D eigenvalue weighted by atomic mass is 9.81. The number of nitrogens with zero attached hydrogens (tertiary/aromatic N) is 3. The standard InChI is InChI=1S/C33H36BrF7N6O4/c1-30(2,3)51-29(50)43-17-19-4-8-21(9-5-19)26(48)47(27(49)24(42)16-18-6-12-22(34)13-7-18)23-14-10-20(11-15-23)25-44-28(46-45-25)31(35,36)32(37,38)33(39,40)41/h6-7,10-15,19,21,24H,4-5,8-9,16-17,42H2,1-3H3,(H,43,50)(H,44,45,46)/t19-,21-,24-/m0/s1. The minimum absolute atomic E-state index is 0.0439. The number of nitrogens with two attached hydrogens (primary N) is 1. The zero-order valence-electron chi connectivity index (χ0n) is 27.7. The fourth-order valence-corrected chi connectivity index (χ4v) is 5.71. The van der Waals surface area contributed by atoms with E-state index in [2.05, 4.69) is 31.3 Å².